The number of benzene rings is 1. The highest BCUT2D eigenvalue weighted by atomic mass is 79.9. The van der Waals surface area contributed by atoms with Gasteiger partial charge in [-0.2, -0.15) is 0 Å². The molecule has 1 N–H and O–H groups in total. The predicted octanol–water partition coefficient (Wildman–Crippen LogP) is 3.78. The maximum atomic E-state index is 6.17. The fourth-order valence-corrected chi connectivity index (χ4v) is 2.64. The van der Waals surface area contributed by atoms with Gasteiger partial charge >= 0.3 is 0 Å². The summed E-state index contributed by atoms with van der Waals surface area (Å²) in [7, 11) is 4.25. The number of hydrogen-bond acceptors (Lipinski definition) is 2. The first kappa shape index (κ1) is 16.0. The minimum absolute atomic E-state index is 0.538. The van der Waals surface area contributed by atoms with Gasteiger partial charge in [-0.3, -0.25) is 0 Å². The Balaban J connectivity index is 2.52. The van der Waals surface area contributed by atoms with Crippen LogP contribution < -0.4 is 5.32 Å². The van der Waals surface area contributed by atoms with Crippen LogP contribution in [-0.2, 0) is 6.54 Å². The van der Waals surface area contributed by atoms with Crippen LogP contribution in [0.15, 0.2) is 22.7 Å². The molecule has 1 aromatic carbocycles. The molecule has 1 rings (SSSR count). The number of nitrogens with zero attached hydrogens (tertiary/aromatic N) is 1. The molecule has 0 spiro atoms. The van der Waals surface area contributed by atoms with Gasteiger partial charge in [0.2, 0.25) is 0 Å². The fraction of sp³-hybridized carbons (Fsp3) is 0.571. The molecule has 102 valence electrons. The van der Waals surface area contributed by atoms with E-state index in [1.165, 1.54) is 0 Å². The van der Waals surface area contributed by atoms with E-state index in [1.807, 2.05) is 12.1 Å². The molecule has 1 unspecified atom stereocenters. The zero-order chi connectivity index (χ0) is 13.7. The van der Waals surface area contributed by atoms with Crippen molar-refractivity contribution in [2.45, 2.75) is 26.4 Å². The van der Waals surface area contributed by atoms with Crippen LogP contribution in [0.25, 0.3) is 0 Å². The van der Waals surface area contributed by atoms with Crippen LogP contribution in [0.1, 0.15) is 19.4 Å². The van der Waals surface area contributed by atoms with Gasteiger partial charge in [0.1, 0.15) is 0 Å². The summed E-state index contributed by atoms with van der Waals surface area (Å²) in [5.41, 5.74) is 1.13. The van der Waals surface area contributed by atoms with Gasteiger partial charge in [-0.05, 0) is 43.8 Å². The zero-order valence-electron chi connectivity index (χ0n) is 11.5. The van der Waals surface area contributed by atoms with Crippen LogP contribution in [0, 0.1) is 5.92 Å². The van der Waals surface area contributed by atoms with Gasteiger partial charge in [0.05, 0.1) is 0 Å². The number of halogens is 2. The Morgan fingerprint density at radius 3 is 2.56 bits per heavy atom. The summed E-state index contributed by atoms with van der Waals surface area (Å²) in [6.07, 6.45) is 0. The molecule has 0 aliphatic carbocycles. The molecular formula is C14H22BrClN2. The Labute approximate surface area is 124 Å². The second-order valence-electron chi connectivity index (χ2n) is 5.14. The Bertz CT molecular complexity index is 372. The first-order valence-corrected chi connectivity index (χ1v) is 7.40. The summed E-state index contributed by atoms with van der Waals surface area (Å²) < 4.78 is 1.07. The molecule has 0 aliphatic rings. The topological polar surface area (TPSA) is 15.3 Å². The van der Waals surface area contributed by atoms with Gasteiger partial charge in [0, 0.05) is 28.6 Å². The van der Waals surface area contributed by atoms with E-state index in [-0.39, 0.29) is 0 Å². The molecule has 0 radical (unpaired) electrons. The van der Waals surface area contributed by atoms with Crippen LogP contribution in [0.2, 0.25) is 5.02 Å². The van der Waals surface area contributed by atoms with Crippen LogP contribution in [0.5, 0.6) is 0 Å². The maximum Gasteiger partial charge on any atom is 0.0451 e. The Hall–Kier alpha value is -0.0900. The summed E-state index contributed by atoms with van der Waals surface area (Å²) in [5.74, 6) is 0.630. The molecule has 1 atom stereocenters. The van der Waals surface area contributed by atoms with E-state index >= 15 is 0 Å². The van der Waals surface area contributed by atoms with E-state index in [0.29, 0.717) is 12.0 Å². The third-order valence-electron chi connectivity index (χ3n) is 3.11. The molecule has 0 amide bonds. The van der Waals surface area contributed by atoms with Crippen LogP contribution in [0.4, 0.5) is 0 Å². The first-order valence-electron chi connectivity index (χ1n) is 6.23. The summed E-state index contributed by atoms with van der Waals surface area (Å²) in [5, 5.41) is 4.30. The van der Waals surface area contributed by atoms with E-state index in [4.69, 9.17) is 11.6 Å². The summed E-state index contributed by atoms with van der Waals surface area (Å²) in [4.78, 5) is 2.26. The Morgan fingerprint density at radius 1 is 1.33 bits per heavy atom. The fourth-order valence-electron chi connectivity index (χ4n) is 2.05. The highest BCUT2D eigenvalue weighted by Crippen LogP contribution is 2.20. The number of hydrogen-bond donors (Lipinski definition) is 1. The maximum absolute atomic E-state index is 6.17. The number of likely N-dealkylation sites (N-methyl/N-ethyl adjacent to an activating group) is 1. The molecular weight excluding hydrogens is 312 g/mol. The summed E-state index contributed by atoms with van der Waals surface area (Å²) in [6.45, 7) is 6.26. The summed E-state index contributed by atoms with van der Waals surface area (Å²) in [6, 6.07) is 6.49. The largest absolute Gasteiger partial charge is 0.311 e. The van der Waals surface area contributed by atoms with Crippen molar-refractivity contribution in [1.29, 1.82) is 0 Å². The van der Waals surface area contributed by atoms with Crippen LogP contribution in [-0.4, -0.2) is 31.6 Å². The van der Waals surface area contributed by atoms with Crippen molar-refractivity contribution >= 4 is 27.5 Å². The predicted molar refractivity (Wildman–Crippen MR) is 83.2 cm³/mol. The SMILES string of the molecule is CC(C)C(CNCc1cc(Br)ccc1Cl)N(C)C. The van der Waals surface area contributed by atoms with E-state index < -0.39 is 0 Å². The van der Waals surface area contributed by atoms with E-state index in [2.05, 4.69) is 60.2 Å². The minimum Gasteiger partial charge on any atom is -0.311 e. The van der Waals surface area contributed by atoms with Gasteiger partial charge < -0.3 is 10.2 Å². The molecule has 0 bridgehead atoms. The highest BCUT2D eigenvalue weighted by Gasteiger charge is 2.15. The molecule has 0 saturated carbocycles. The van der Waals surface area contributed by atoms with Crippen molar-refractivity contribution < 1.29 is 0 Å². The lowest BCUT2D eigenvalue weighted by Crippen LogP contribution is -2.41. The quantitative estimate of drug-likeness (QED) is 0.852. The lowest BCUT2D eigenvalue weighted by atomic mass is 10.0. The molecule has 0 aromatic heterocycles. The highest BCUT2D eigenvalue weighted by molar-refractivity contribution is 9.10. The second-order valence-corrected chi connectivity index (χ2v) is 6.46. The summed E-state index contributed by atoms with van der Waals surface area (Å²) >= 11 is 9.63. The van der Waals surface area contributed by atoms with Crippen molar-refractivity contribution in [3.05, 3.63) is 33.3 Å². The monoisotopic (exact) mass is 332 g/mol. The van der Waals surface area contributed by atoms with Gasteiger partial charge in [0.15, 0.2) is 0 Å². The van der Waals surface area contributed by atoms with E-state index in [0.717, 1.165) is 28.1 Å². The molecule has 4 heteroatoms. The third-order valence-corrected chi connectivity index (χ3v) is 3.97. The molecule has 1 aromatic rings. The van der Waals surface area contributed by atoms with E-state index in [9.17, 15) is 0 Å². The van der Waals surface area contributed by atoms with Gasteiger partial charge in [-0.25, -0.2) is 0 Å². The lowest BCUT2D eigenvalue weighted by Gasteiger charge is -2.28. The minimum atomic E-state index is 0.538. The molecule has 0 aliphatic heterocycles. The van der Waals surface area contributed by atoms with Crippen molar-refractivity contribution in [3.63, 3.8) is 0 Å². The molecule has 0 fully saturated rings. The smallest absolute Gasteiger partial charge is 0.0451 e. The zero-order valence-corrected chi connectivity index (χ0v) is 13.8. The second kappa shape index (κ2) is 7.49. The van der Waals surface area contributed by atoms with Crippen LogP contribution >= 0.6 is 27.5 Å². The number of rotatable bonds is 6. The standard InChI is InChI=1S/C14H22BrClN2/c1-10(2)14(18(3)4)9-17-8-11-7-12(15)5-6-13(11)16/h5-7,10,14,17H,8-9H2,1-4H3. The first-order chi connectivity index (χ1) is 8.41. The van der Waals surface area contributed by atoms with Gasteiger partial charge in [-0.1, -0.05) is 41.4 Å². The third kappa shape index (κ3) is 4.88. The van der Waals surface area contributed by atoms with Crippen molar-refractivity contribution in [2.24, 2.45) is 5.92 Å². The van der Waals surface area contributed by atoms with Crippen molar-refractivity contribution in [1.82, 2.24) is 10.2 Å². The lowest BCUT2D eigenvalue weighted by molar-refractivity contribution is 0.224. The normalized spacial score (nSPS) is 13.3. The molecule has 18 heavy (non-hydrogen) atoms. The average molecular weight is 334 g/mol. The van der Waals surface area contributed by atoms with Crippen molar-refractivity contribution in [3.8, 4) is 0 Å². The van der Waals surface area contributed by atoms with E-state index in [1.54, 1.807) is 0 Å². The Kier molecular flexibility index (Phi) is 6.64. The average Bonchev–Trinajstić information content (AvgIpc) is 2.27. The molecule has 0 heterocycles. The van der Waals surface area contributed by atoms with Gasteiger partial charge in [-0.15, -0.1) is 0 Å². The van der Waals surface area contributed by atoms with Crippen LogP contribution in [0.3, 0.4) is 0 Å². The Morgan fingerprint density at radius 2 is 2.00 bits per heavy atom. The molecule has 0 saturated heterocycles. The number of nitrogens with one attached hydrogen (secondary N) is 1. The van der Waals surface area contributed by atoms with Crippen molar-refractivity contribution in [2.75, 3.05) is 20.6 Å². The van der Waals surface area contributed by atoms with Gasteiger partial charge in [0.25, 0.3) is 0 Å². The molecule has 2 nitrogen and oxygen atoms in total.